The van der Waals surface area contributed by atoms with E-state index in [1.54, 1.807) is 6.92 Å². The second kappa shape index (κ2) is 6.00. The van der Waals surface area contributed by atoms with Crippen LogP contribution in [-0.2, 0) is 11.3 Å². The van der Waals surface area contributed by atoms with Gasteiger partial charge in [-0.15, -0.1) is 0 Å². The van der Waals surface area contributed by atoms with Gasteiger partial charge in [-0.05, 0) is 5.92 Å². The molecule has 0 aliphatic heterocycles. The third-order valence-corrected chi connectivity index (χ3v) is 2.15. The highest BCUT2D eigenvalue weighted by molar-refractivity contribution is 5.75. The molecule has 1 heterocycles. The molecule has 3 N–H and O–H groups in total. The van der Waals surface area contributed by atoms with Gasteiger partial charge in [0.05, 0.1) is 0 Å². The molecule has 1 atom stereocenters. The molecule has 0 saturated carbocycles. The van der Waals surface area contributed by atoms with E-state index in [-0.39, 0.29) is 19.1 Å². The van der Waals surface area contributed by atoms with E-state index < -0.39 is 17.0 Å². The van der Waals surface area contributed by atoms with Crippen molar-refractivity contribution in [3.05, 3.63) is 32.8 Å². The van der Waals surface area contributed by atoms with Gasteiger partial charge in [0.25, 0.3) is 11.1 Å². The van der Waals surface area contributed by atoms with Crippen molar-refractivity contribution in [3.8, 4) is 0 Å². The fourth-order valence-electron chi connectivity index (χ4n) is 1.13. The van der Waals surface area contributed by atoms with Crippen molar-refractivity contribution in [1.82, 2.24) is 15.1 Å². The van der Waals surface area contributed by atoms with Crippen molar-refractivity contribution < 1.29 is 9.90 Å². The summed E-state index contributed by atoms with van der Waals surface area (Å²) in [6.45, 7) is 1.83. The molecule has 0 fully saturated rings. The summed E-state index contributed by atoms with van der Waals surface area (Å²) in [5, 5.41) is 13.6. The van der Waals surface area contributed by atoms with E-state index in [1.807, 2.05) is 0 Å². The monoisotopic (exact) mass is 241 g/mol. The lowest BCUT2D eigenvalue weighted by Gasteiger charge is -2.10. The average molecular weight is 241 g/mol. The van der Waals surface area contributed by atoms with E-state index in [2.05, 4.69) is 10.4 Å². The molecule has 1 aromatic rings. The molecule has 0 radical (unpaired) electrons. The van der Waals surface area contributed by atoms with Crippen molar-refractivity contribution in [1.29, 1.82) is 0 Å². The fraction of sp³-hybridized carbons (Fsp3) is 0.500. The van der Waals surface area contributed by atoms with E-state index >= 15 is 0 Å². The van der Waals surface area contributed by atoms with Crippen molar-refractivity contribution in [2.24, 2.45) is 5.92 Å². The zero-order valence-electron chi connectivity index (χ0n) is 9.47. The largest absolute Gasteiger partial charge is 0.396 e. The molecule has 7 nitrogen and oxygen atoms in total. The maximum absolute atomic E-state index is 11.4. The van der Waals surface area contributed by atoms with Gasteiger partial charge in [0.1, 0.15) is 6.54 Å². The minimum atomic E-state index is -0.449. The minimum Gasteiger partial charge on any atom is -0.396 e. The second-order valence-corrected chi connectivity index (χ2v) is 3.83. The Bertz CT molecular complexity index is 491. The summed E-state index contributed by atoms with van der Waals surface area (Å²) in [4.78, 5) is 33.7. The third-order valence-electron chi connectivity index (χ3n) is 2.15. The van der Waals surface area contributed by atoms with Crippen molar-refractivity contribution >= 4 is 5.91 Å². The van der Waals surface area contributed by atoms with E-state index in [4.69, 9.17) is 5.11 Å². The number of aliphatic hydroxyl groups excluding tert-OH is 1. The Morgan fingerprint density at radius 1 is 1.53 bits per heavy atom. The van der Waals surface area contributed by atoms with E-state index in [1.165, 1.54) is 0 Å². The molecule has 1 unspecified atom stereocenters. The first kappa shape index (κ1) is 13.2. The highest BCUT2D eigenvalue weighted by Gasteiger charge is 2.06. The number of carbonyl (C=O) groups excluding carboxylic acids is 1. The SMILES string of the molecule is CC(CO)CNC(=O)Cn1[nH]c(=O)ccc1=O. The predicted octanol–water partition coefficient (Wildman–Crippen LogP) is -1.72. The molecule has 94 valence electrons. The van der Waals surface area contributed by atoms with Crippen LogP contribution >= 0.6 is 0 Å². The normalized spacial score (nSPS) is 12.1. The van der Waals surface area contributed by atoms with Crippen LogP contribution in [0.4, 0.5) is 0 Å². The zero-order chi connectivity index (χ0) is 12.8. The van der Waals surface area contributed by atoms with Crippen molar-refractivity contribution in [2.45, 2.75) is 13.5 Å². The Kier molecular flexibility index (Phi) is 4.65. The average Bonchev–Trinajstić information content (AvgIpc) is 2.30. The van der Waals surface area contributed by atoms with Gasteiger partial charge in [0, 0.05) is 25.3 Å². The van der Waals surface area contributed by atoms with Crippen LogP contribution < -0.4 is 16.4 Å². The van der Waals surface area contributed by atoms with E-state index in [0.29, 0.717) is 6.54 Å². The second-order valence-electron chi connectivity index (χ2n) is 3.83. The number of nitrogens with one attached hydrogen (secondary N) is 2. The first-order chi connectivity index (χ1) is 8.02. The Morgan fingerprint density at radius 2 is 2.24 bits per heavy atom. The number of amides is 1. The van der Waals surface area contributed by atoms with E-state index in [9.17, 15) is 14.4 Å². The highest BCUT2D eigenvalue weighted by atomic mass is 16.3. The first-order valence-corrected chi connectivity index (χ1v) is 5.20. The molecule has 0 saturated heterocycles. The van der Waals surface area contributed by atoms with Gasteiger partial charge in [0.15, 0.2) is 0 Å². The highest BCUT2D eigenvalue weighted by Crippen LogP contribution is 1.88. The molecule has 0 aliphatic carbocycles. The fourth-order valence-corrected chi connectivity index (χ4v) is 1.13. The molecule has 1 rings (SSSR count). The molecule has 7 heteroatoms. The summed E-state index contributed by atoms with van der Waals surface area (Å²) in [5.41, 5.74) is -0.893. The van der Waals surface area contributed by atoms with Crippen LogP contribution in [0.5, 0.6) is 0 Å². The quantitative estimate of drug-likeness (QED) is 0.570. The van der Waals surface area contributed by atoms with Gasteiger partial charge in [0.2, 0.25) is 5.91 Å². The van der Waals surface area contributed by atoms with Gasteiger partial charge >= 0.3 is 0 Å². The molecule has 0 spiro atoms. The Labute approximate surface area is 97.1 Å². The van der Waals surface area contributed by atoms with E-state index in [0.717, 1.165) is 16.8 Å². The number of aliphatic hydroxyl groups is 1. The summed E-state index contributed by atoms with van der Waals surface area (Å²) >= 11 is 0. The minimum absolute atomic E-state index is 0.0254. The number of rotatable bonds is 5. The van der Waals surface area contributed by atoms with Crippen LogP contribution in [0.25, 0.3) is 0 Å². The number of hydrogen-bond acceptors (Lipinski definition) is 4. The van der Waals surface area contributed by atoms with Crippen molar-refractivity contribution in [2.75, 3.05) is 13.2 Å². The third kappa shape index (κ3) is 4.23. The molecule has 17 heavy (non-hydrogen) atoms. The topological polar surface area (TPSA) is 104 Å². The van der Waals surface area contributed by atoms with Gasteiger partial charge in [-0.2, -0.15) is 0 Å². The van der Waals surface area contributed by atoms with Gasteiger partial charge in [-0.3, -0.25) is 19.5 Å². The zero-order valence-corrected chi connectivity index (χ0v) is 9.47. The number of hydrogen-bond donors (Lipinski definition) is 3. The van der Waals surface area contributed by atoms with Crippen LogP contribution in [0.15, 0.2) is 21.7 Å². The number of carbonyl (C=O) groups is 1. The smallest absolute Gasteiger partial charge is 0.265 e. The van der Waals surface area contributed by atoms with Crippen molar-refractivity contribution in [3.63, 3.8) is 0 Å². The van der Waals surface area contributed by atoms with Gasteiger partial charge in [-0.1, -0.05) is 6.92 Å². The number of aromatic amines is 1. The summed E-state index contributed by atoms with van der Waals surface area (Å²) in [5.74, 6) is -0.445. The molecular weight excluding hydrogens is 226 g/mol. The van der Waals surface area contributed by atoms with Crippen LogP contribution in [0.1, 0.15) is 6.92 Å². The van der Waals surface area contributed by atoms with Crippen LogP contribution in [-0.4, -0.2) is 33.9 Å². The standard InChI is InChI=1S/C10H15N3O4/c1-7(6-14)4-11-9(16)5-13-10(17)3-2-8(15)12-13/h2-3,7,14H,4-6H2,1H3,(H,11,16)(H,12,15). The molecule has 0 aliphatic rings. The molecular formula is C10H15N3O4. The molecule has 0 bridgehead atoms. The lowest BCUT2D eigenvalue weighted by atomic mass is 10.2. The molecule has 1 amide bonds. The lowest BCUT2D eigenvalue weighted by Crippen LogP contribution is -2.37. The lowest BCUT2D eigenvalue weighted by molar-refractivity contribution is -0.122. The Morgan fingerprint density at radius 3 is 2.88 bits per heavy atom. The summed E-state index contributed by atoms with van der Waals surface area (Å²) in [6, 6.07) is 2.20. The number of H-pyrrole nitrogens is 1. The van der Waals surface area contributed by atoms with Crippen LogP contribution in [0.3, 0.4) is 0 Å². The Hall–Kier alpha value is -1.89. The number of aromatic nitrogens is 2. The summed E-state index contributed by atoms with van der Waals surface area (Å²) < 4.78 is 0.932. The van der Waals surface area contributed by atoms with Gasteiger partial charge in [-0.25, -0.2) is 4.68 Å². The van der Waals surface area contributed by atoms with Crippen LogP contribution in [0.2, 0.25) is 0 Å². The Balaban J connectivity index is 2.59. The predicted molar refractivity (Wildman–Crippen MR) is 60.6 cm³/mol. The van der Waals surface area contributed by atoms with Gasteiger partial charge < -0.3 is 10.4 Å². The maximum Gasteiger partial charge on any atom is 0.265 e. The summed E-state index contributed by atoms with van der Waals surface area (Å²) in [6.07, 6.45) is 0. The maximum atomic E-state index is 11.4. The number of nitrogens with zero attached hydrogens (tertiary/aromatic N) is 1. The first-order valence-electron chi connectivity index (χ1n) is 5.20. The molecule has 0 aromatic carbocycles. The summed E-state index contributed by atoms with van der Waals surface area (Å²) in [7, 11) is 0. The van der Waals surface area contributed by atoms with Crippen LogP contribution in [0, 0.1) is 5.92 Å². The molecule has 1 aromatic heterocycles.